The highest BCUT2D eigenvalue weighted by Crippen LogP contribution is 2.25. The van der Waals surface area contributed by atoms with Crippen LogP contribution in [0.3, 0.4) is 0 Å². The maximum Gasteiger partial charge on any atom is 0.240 e. The van der Waals surface area contributed by atoms with E-state index in [-0.39, 0.29) is 5.91 Å². The highest BCUT2D eigenvalue weighted by molar-refractivity contribution is 5.86. The Labute approximate surface area is 127 Å². The second-order valence-electron chi connectivity index (χ2n) is 6.46. The Morgan fingerprint density at radius 2 is 1.95 bits per heavy atom. The fourth-order valence-electron chi connectivity index (χ4n) is 3.12. The predicted octanol–water partition coefficient (Wildman–Crippen LogP) is 1.60. The van der Waals surface area contributed by atoms with Crippen LogP contribution in [-0.2, 0) is 14.3 Å². The molecule has 5 nitrogen and oxygen atoms in total. The lowest BCUT2D eigenvalue weighted by Crippen LogP contribution is -2.55. The fourth-order valence-corrected chi connectivity index (χ4v) is 3.12. The Bertz CT molecular complexity index is 311. The monoisotopic (exact) mass is 298 g/mol. The van der Waals surface area contributed by atoms with Crippen molar-refractivity contribution >= 4 is 5.91 Å². The maximum absolute atomic E-state index is 12.1. The molecule has 5 heteroatoms. The molecule has 1 saturated heterocycles. The molecule has 0 aromatic rings. The molecule has 0 atom stereocenters. The Morgan fingerprint density at radius 1 is 1.24 bits per heavy atom. The van der Waals surface area contributed by atoms with Crippen LogP contribution in [0.15, 0.2) is 0 Å². The summed E-state index contributed by atoms with van der Waals surface area (Å²) in [6.45, 7) is 3.91. The van der Waals surface area contributed by atoms with E-state index in [2.05, 4.69) is 5.32 Å². The number of amides is 1. The fraction of sp³-hybridized carbons (Fsp3) is 0.938. The lowest BCUT2D eigenvalue weighted by atomic mass is 9.82. The molecule has 0 aromatic carbocycles. The highest BCUT2D eigenvalue weighted by Gasteiger charge is 2.34. The van der Waals surface area contributed by atoms with Gasteiger partial charge in [-0.05, 0) is 38.0 Å². The first-order valence-corrected chi connectivity index (χ1v) is 8.43. The molecule has 1 aliphatic heterocycles. The third kappa shape index (κ3) is 5.57. The molecule has 1 aliphatic carbocycles. The van der Waals surface area contributed by atoms with E-state index in [1.54, 1.807) is 0 Å². The summed E-state index contributed by atoms with van der Waals surface area (Å²) in [4.78, 5) is 12.1. The minimum atomic E-state index is -0.624. The first-order chi connectivity index (χ1) is 10.2. The zero-order valence-corrected chi connectivity index (χ0v) is 13.1. The van der Waals surface area contributed by atoms with E-state index >= 15 is 0 Å². The quantitative estimate of drug-likeness (QED) is 0.700. The van der Waals surface area contributed by atoms with Crippen molar-refractivity contribution in [2.75, 3.05) is 33.0 Å². The molecule has 0 radical (unpaired) electrons. The van der Waals surface area contributed by atoms with E-state index < -0.39 is 5.54 Å². The molecule has 1 heterocycles. The molecule has 122 valence electrons. The summed E-state index contributed by atoms with van der Waals surface area (Å²) in [6.07, 6.45) is 8.03. The second-order valence-corrected chi connectivity index (χ2v) is 6.46. The molecule has 3 N–H and O–H groups in total. The topological polar surface area (TPSA) is 73.6 Å². The van der Waals surface area contributed by atoms with Gasteiger partial charge in [0.1, 0.15) is 0 Å². The van der Waals surface area contributed by atoms with E-state index in [9.17, 15) is 4.79 Å². The van der Waals surface area contributed by atoms with Gasteiger partial charge in [-0.2, -0.15) is 0 Å². The summed E-state index contributed by atoms with van der Waals surface area (Å²) in [5, 5.41) is 2.97. The first-order valence-electron chi connectivity index (χ1n) is 8.43. The Hall–Kier alpha value is -0.650. The number of hydrogen-bond donors (Lipinski definition) is 2. The number of carbonyl (C=O) groups excluding carboxylic acids is 1. The lowest BCUT2D eigenvalue weighted by Gasteiger charge is -2.31. The van der Waals surface area contributed by atoms with E-state index in [1.807, 2.05) is 0 Å². The van der Waals surface area contributed by atoms with Crippen molar-refractivity contribution in [3.63, 3.8) is 0 Å². The van der Waals surface area contributed by atoms with Crippen LogP contribution in [0, 0.1) is 5.92 Å². The van der Waals surface area contributed by atoms with Gasteiger partial charge in [0.25, 0.3) is 0 Å². The van der Waals surface area contributed by atoms with Gasteiger partial charge >= 0.3 is 0 Å². The normalized spacial score (nSPS) is 22.9. The van der Waals surface area contributed by atoms with Crippen molar-refractivity contribution in [1.29, 1.82) is 0 Å². The van der Waals surface area contributed by atoms with Crippen molar-refractivity contribution < 1.29 is 14.3 Å². The number of nitrogens with one attached hydrogen (secondary N) is 1. The number of rotatable bonds is 7. The van der Waals surface area contributed by atoms with Crippen LogP contribution in [0.5, 0.6) is 0 Å². The number of carbonyl (C=O) groups is 1. The zero-order valence-electron chi connectivity index (χ0n) is 13.1. The van der Waals surface area contributed by atoms with Gasteiger partial charge in [-0.25, -0.2) is 0 Å². The van der Waals surface area contributed by atoms with Crippen LogP contribution in [0.1, 0.15) is 51.4 Å². The highest BCUT2D eigenvalue weighted by atomic mass is 16.5. The summed E-state index contributed by atoms with van der Waals surface area (Å²) in [5.41, 5.74) is 5.56. The molecule has 0 spiro atoms. The van der Waals surface area contributed by atoms with Gasteiger partial charge < -0.3 is 20.5 Å². The van der Waals surface area contributed by atoms with Crippen molar-refractivity contribution in [2.24, 2.45) is 11.7 Å². The molecule has 2 rings (SSSR count). The van der Waals surface area contributed by atoms with Crippen LogP contribution in [0.2, 0.25) is 0 Å². The van der Waals surface area contributed by atoms with Crippen LogP contribution in [0.4, 0.5) is 0 Å². The summed E-state index contributed by atoms with van der Waals surface area (Å²) >= 11 is 0. The average molecular weight is 298 g/mol. The van der Waals surface area contributed by atoms with Crippen molar-refractivity contribution in [1.82, 2.24) is 5.32 Å². The summed E-state index contributed by atoms with van der Waals surface area (Å²) in [5.74, 6) is 0.662. The smallest absolute Gasteiger partial charge is 0.240 e. The molecule has 2 fully saturated rings. The maximum atomic E-state index is 12.1. The van der Waals surface area contributed by atoms with Crippen molar-refractivity contribution in [3.8, 4) is 0 Å². The standard InChI is InChI=1S/C16H30N2O3/c17-16(7-2-1-3-8-16)15(19)18-9-4-10-21-13-14-5-11-20-12-6-14/h14H,1-13,17H2,(H,18,19). The van der Waals surface area contributed by atoms with Gasteiger partial charge in [-0.3, -0.25) is 4.79 Å². The molecular formula is C16H30N2O3. The molecule has 2 aliphatic rings. The van der Waals surface area contributed by atoms with Gasteiger partial charge in [0, 0.05) is 33.0 Å². The van der Waals surface area contributed by atoms with Gasteiger partial charge in [-0.15, -0.1) is 0 Å². The molecule has 0 aromatic heterocycles. The summed E-state index contributed by atoms with van der Waals surface area (Å²) in [7, 11) is 0. The van der Waals surface area contributed by atoms with Crippen LogP contribution in [0.25, 0.3) is 0 Å². The lowest BCUT2D eigenvalue weighted by molar-refractivity contribution is -0.127. The average Bonchev–Trinajstić information content (AvgIpc) is 2.52. The summed E-state index contributed by atoms with van der Waals surface area (Å²) in [6, 6.07) is 0. The Balaban J connectivity index is 1.50. The number of hydrogen-bond acceptors (Lipinski definition) is 4. The number of ether oxygens (including phenoxy) is 2. The largest absolute Gasteiger partial charge is 0.381 e. The third-order valence-electron chi connectivity index (χ3n) is 4.64. The third-order valence-corrected chi connectivity index (χ3v) is 4.64. The van der Waals surface area contributed by atoms with Crippen molar-refractivity contribution in [3.05, 3.63) is 0 Å². The minimum Gasteiger partial charge on any atom is -0.381 e. The summed E-state index contributed by atoms with van der Waals surface area (Å²) < 4.78 is 11.0. The van der Waals surface area contributed by atoms with Crippen LogP contribution < -0.4 is 11.1 Å². The van der Waals surface area contributed by atoms with Gasteiger partial charge in [-0.1, -0.05) is 19.3 Å². The van der Waals surface area contributed by atoms with Crippen molar-refractivity contribution in [2.45, 2.75) is 56.9 Å². The molecular weight excluding hydrogens is 268 g/mol. The second kappa shape index (κ2) is 8.71. The number of nitrogens with two attached hydrogens (primary N) is 1. The minimum absolute atomic E-state index is 0.0200. The predicted molar refractivity (Wildman–Crippen MR) is 82.0 cm³/mol. The first kappa shape index (κ1) is 16.7. The zero-order chi connectivity index (χ0) is 15.0. The molecule has 1 amide bonds. The molecule has 0 bridgehead atoms. The van der Waals surface area contributed by atoms with E-state index in [0.29, 0.717) is 19.1 Å². The van der Waals surface area contributed by atoms with Crippen LogP contribution in [-0.4, -0.2) is 44.4 Å². The Kier molecular flexibility index (Phi) is 6.93. The molecule has 0 unspecified atom stereocenters. The van der Waals surface area contributed by atoms with E-state index in [1.165, 1.54) is 6.42 Å². The molecule has 21 heavy (non-hydrogen) atoms. The van der Waals surface area contributed by atoms with Crippen LogP contribution >= 0.6 is 0 Å². The SMILES string of the molecule is NC1(C(=O)NCCCOCC2CCOCC2)CCCCC1. The van der Waals surface area contributed by atoms with E-state index in [4.69, 9.17) is 15.2 Å². The van der Waals surface area contributed by atoms with Gasteiger partial charge in [0.2, 0.25) is 5.91 Å². The Morgan fingerprint density at radius 3 is 2.67 bits per heavy atom. The molecule has 1 saturated carbocycles. The van der Waals surface area contributed by atoms with Gasteiger partial charge in [0.15, 0.2) is 0 Å². The van der Waals surface area contributed by atoms with Gasteiger partial charge in [0.05, 0.1) is 5.54 Å². The van der Waals surface area contributed by atoms with E-state index in [0.717, 1.165) is 64.8 Å².